The quantitative estimate of drug-likeness (QED) is 0.753. The first-order valence-electron chi connectivity index (χ1n) is 7.92. The lowest BCUT2D eigenvalue weighted by molar-refractivity contribution is -0.123. The van der Waals surface area contributed by atoms with E-state index in [2.05, 4.69) is 5.32 Å². The summed E-state index contributed by atoms with van der Waals surface area (Å²) in [5, 5.41) is 20.5. The predicted octanol–water partition coefficient (Wildman–Crippen LogP) is 2.35. The van der Waals surface area contributed by atoms with Gasteiger partial charge in [0, 0.05) is 12.6 Å². The number of carboxylic acids is 1. The van der Waals surface area contributed by atoms with Gasteiger partial charge in [-0.3, -0.25) is 4.79 Å². The zero-order valence-electron chi connectivity index (χ0n) is 14.2. The average Bonchev–Trinajstić information content (AvgIpc) is 2.65. The lowest BCUT2D eigenvalue weighted by Gasteiger charge is -2.12. The molecular weight excluding hydrogens is 336 g/mol. The van der Waals surface area contributed by atoms with Crippen LogP contribution >= 0.6 is 0 Å². The molecule has 0 spiro atoms. The summed E-state index contributed by atoms with van der Waals surface area (Å²) in [6, 6.07) is 13.0. The number of ether oxygens (including phenoxy) is 2. The Bertz CT molecular complexity index is 825. The van der Waals surface area contributed by atoms with Crippen LogP contribution in [-0.4, -0.2) is 30.2 Å². The van der Waals surface area contributed by atoms with Crippen LogP contribution in [0.2, 0.25) is 0 Å². The molecule has 2 aromatic carbocycles. The van der Waals surface area contributed by atoms with Crippen molar-refractivity contribution in [3.8, 4) is 17.6 Å². The van der Waals surface area contributed by atoms with Crippen LogP contribution in [0.25, 0.3) is 0 Å². The van der Waals surface area contributed by atoms with Gasteiger partial charge < -0.3 is 19.9 Å². The molecule has 0 heterocycles. The zero-order valence-corrected chi connectivity index (χ0v) is 14.2. The molecule has 0 atom stereocenters. The molecule has 0 saturated carbocycles. The van der Waals surface area contributed by atoms with E-state index in [1.165, 1.54) is 12.1 Å². The standard InChI is InChI=1S/C19H18N2O5/c1-2-25-17-9-14(10-20)5-8-16(17)26-12-18(22)21-11-13-3-6-15(7-4-13)19(23)24/h3-9H,2,11-12H2,1H3,(H,21,22)(H,23,24). The molecule has 0 radical (unpaired) electrons. The molecule has 2 rings (SSSR count). The minimum Gasteiger partial charge on any atom is -0.490 e. The third-order valence-corrected chi connectivity index (χ3v) is 3.42. The van der Waals surface area contributed by atoms with Gasteiger partial charge >= 0.3 is 5.97 Å². The van der Waals surface area contributed by atoms with E-state index in [9.17, 15) is 9.59 Å². The number of aromatic carboxylic acids is 1. The molecule has 0 aromatic heterocycles. The number of benzene rings is 2. The van der Waals surface area contributed by atoms with Gasteiger partial charge in [0.25, 0.3) is 5.91 Å². The van der Waals surface area contributed by atoms with Crippen molar-refractivity contribution in [1.29, 1.82) is 5.26 Å². The molecule has 134 valence electrons. The van der Waals surface area contributed by atoms with Crippen molar-refractivity contribution in [2.75, 3.05) is 13.2 Å². The van der Waals surface area contributed by atoms with Crippen molar-refractivity contribution >= 4 is 11.9 Å². The third-order valence-electron chi connectivity index (χ3n) is 3.42. The number of carbonyl (C=O) groups excluding carboxylic acids is 1. The minimum absolute atomic E-state index is 0.188. The number of carboxylic acid groups (broad SMARTS) is 1. The molecule has 7 nitrogen and oxygen atoms in total. The number of carbonyl (C=O) groups is 2. The van der Waals surface area contributed by atoms with Crippen LogP contribution in [0.5, 0.6) is 11.5 Å². The number of nitriles is 1. The van der Waals surface area contributed by atoms with Crippen LogP contribution in [0.4, 0.5) is 0 Å². The summed E-state index contributed by atoms with van der Waals surface area (Å²) < 4.78 is 10.9. The van der Waals surface area contributed by atoms with E-state index in [-0.39, 0.29) is 24.6 Å². The molecule has 7 heteroatoms. The Morgan fingerprint density at radius 1 is 1.12 bits per heavy atom. The normalized spacial score (nSPS) is 9.85. The van der Waals surface area contributed by atoms with Crippen molar-refractivity contribution in [3.63, 3.8) is 0 Å². The molecule has 0 saturated heterocycles. The molecule has 0 fully saturated rings. The Morgan fingerprint density at radius 3 is 2.46 bits per heavy atom. The van der Waals surface area contributed by atoms with Crippen molar-refractivity contribution in [2.45, 2.75) is 13.5 Å². The Morgan fingerprint density at radius 2 is 1.85 bits per heavy atom. The fourth-order valence-corrected chi connectivity index (χ4v) is 2.13. The van der Waals surface area contributed by atoms with Crippen LogP contribution in [0.1, 0.15) is 28.4 Å². The maximum Gasteiger partial charge on any atom is 0.335 e. The highest BCUT2D eigenvalue weighted by Gasteiger charge is 2.09. The number of hydrogen-bond acceptors (Lipinski definition) is 5. The Balaban J connectivity index is 1.88. The van der Waals surface area contributed by atoms with Crippen molar-refractivity contribution in [3.05, 3.63) is 59.2 Å². The van der Waals surface area contributed by atoms with E-state index in [1.54, 1.807) is 30.3 Å². The number of nitrogens with one attached hydrogen (secondary N) is 1. The molecule has 0 aliphatic rings. The molecule has 2 aromatic rings. The van der Waals surface area contributed by atoms with Crippen molar-refractivity contribution in [1.82, 2.24) is 5.32 Å². The number of rotatable bonds is 8. The van der Waals surface area contributed by atoms with Gasteiger partial charge in [0.15, 0.2) is 18.1 Å². The lowest BCUT2D eigenvalue weighted by Crippen LogP contribution is -2.28. The first-order valence-corrected chi connectivity index (χ1v) is 7.92. The third kappa shape index (κ3) is 5.24. The average molecular weight is 354 g/mol. The summed E-state index contributed by atoms with van der Waals surface area (Å²) in [6.07, 6.45) is 0. The summed E-state index contributed by atoms with van der Waals surface area (Å²) in [5.74, 6) is -0.545. The van der Waals surface area contributed by atoms with Crippen LogP contribution in [0.3, 0.4) is 0 Å². The van der Waals surface area contributed by atoms with Gasteiger partial charge in [-0.15, -0.1) is 0 Å². The highest BCUT2D eigenvalue weighted by atomic mass is 16.5. The molecule has 0 bridgehead atoms. The molecule has 0 aliphatic heterocycles. The van der Waals surface area contributed by atoms with E-state index in [4.69, 9.17) is 19.8 Å². The predicted molar refractivity (Wildman–Crippen MR) is 93.1 cm³/mol. The Hall–Kier alpha value is -3.53. The number of hydrogen-bond donors (Lipinski definition) is 2. The van der Waals surface area contributed by atoms with Crippen LogP contribution in [0, 0.1) is 11.3 Å². The molecule has 0 unspecified atom stereocenters. The second-order valence-corrected chi connectivity index (χ2v) is 5.27. The van der Waals surface area contributed by atoms with Crippen LogP contribution in [0.15, 0.2) is 42.5 Å². The largest absolute Gasteiger partial charge is 0.490 e. The maximum atomic E-state index is 11.9. The minimum atomic E-state index is -0.999. The van der Waals surface area contributed by atoms with Crippen LogP contribution < -0.4 is 14.8 Å². The van der Waals surface area contributed by atoms with Gasteiger partial charge in [0.1, 0.15) is 0 Å². The number of amides is 1. The highest BCUT2D eigenvalue weighted by Crippen LogP contribution is 2.28. The van der Waals surface area contributed by atoms with E-state index in [1.807, 2.05) is 13.0 Å². The first-order chi connectivity index (χ1) is 12.5. The summed E-state index contributed by atoms with van der Waals surface area (Å²) in [5.41, 5.74) is 1.40. The zero-order chi connectivity index (χ0) is 18.9. The smallest absolute Gasteiger partial charge is 0.335 e. The molecule has 2 N–H and O–H groups in total. The van der Waals surface area contributed by atoms with Gasteiger partial charge in [-0.05, 0) is 36.8 Å². The number of nitrogens with zero attached hydrogens (tertiary/aromatic N) is 1. The van der Waals surface area contributed by atoms with Crippen molar-refractivity contribution < 1.29 is 24.2 Å². The van der Waals surface area contributed by atoms with E-state index < -0.39 is 5.97 Å². The second-order valence-electron chi connectivity index (χ2n) is 5.27. The Kier molecular flexibility index (Phi) is 6.57. The molecule has 1 amide bonds. The summed E-state index contributed by atoms with van der Waals surface area (Å²) in [6.45, 7) is 2.27. The molecule has 26 heavy (non-hydrogen) atoms. The first kappa shape index (κ1) is 18.8. The Labute approximate surface area is 150 Å². The molecule has 0 aliphatic carbocycles. The fourth-order valence-electron chi connectivity index (χ4n) is 2.13. The topological polar surface area (TPSA) is 109 Å². The second kappa shape index (κ2) is 9.08. The van der Waals surface area contributed by atoms with Gasteiger partial charge in [-0.2, -0.15) is 5.26 Å². The van der Waals surface area contributed by atoms with E-state index in [0.717, 1.165) is 5.56 Å². The van der Waals surface area contributed by atoms with Gasteiger partial charge in [0.05, 0.1) is 23.8 Å². The summed E-state index contributed by atoms with van der Waals surface area (Å²) in [7, 11) is 0. The summed E-state index contributed by atoms with van der Waals surface area (Å²) >= 11 is 0. The maximum absolute atomic E-state index is 11.9. The van der Waals surface area contributed by atoms with Gasteiger partial charge in [0.2, 0.25) is 0 Å². The van der Waals surface area contributed by atoms with Crippen LogP contribution in [-0.2, 0) is 11.3 Å². The van der Waals surface area contributed by atoms with Gasteiger partial charge in [-0.25, -0.2) is 4.79 Å². The lowest BCUT2D eigenvalue weighted by atomic mass is 10.1. The molecular formula is C19H18N2O5. The van der Waals surface area contributed by atoms with E-state index >= 15 is 0 Å². The van der Waals surface area contributed by atoms with Crippen molar-refractivity contribution in [2.24, 2.45) is 0 Å². The fraction of sp³-hybridized carbons (Fsp3) is 0.211. The monoisotopic (exact) mass is 354 g/mol. The highest BCUT2D eigenvalue weighted by molar-refractivity contribution is 5.87. The van der Waals surface area contributed by atoms with Gasteiger partial charge in [-0.1, -0.05) is 12.1 Å². The SMILES string of the molecule is CCOc1cc(C#N)ccc1OCC(=O)NCc1ccc(C(=O)O)cc1. The summed E-state index contributed by atoms with van der Waals surface area (Å²) in [4.78, 5) is 22.7. The van der Waals surface area contributed by atoms with E-state index in [0.29, 0.717) is 23.7 Å².